The van der Waals surface area contributed by atoms with E-state index in [1.54, 1.807) is 28.8 Å². The summed E-state index contributed by atoms with van der Waals surface area (Å²) in [6.07, 6.45) is 1.31. The molecule has 0 saturated carbocycles. The van der Waals surface area contributed by atoms with Crippen molar-refractivity contribution in [1.82, 2.24) is 19.8 Å². The van der Waals surface area contributed by atoms with Gasteiger partial charge in [-0.3, -0.25) is 14.3 Å². The monoisotopic (exact) mass is 468 g/mol. The van der Waals surface area contributed by atoms with Crippen molar-refractivity contribution in [2.75, 3.05) is 27.2 Å². The molecule has 1 atom stereocenters. The molecule has 1 unspecified atom stereocenters. The van der Waals surface area contributed by atoms with Gasteiger partial charge in [-0.15, -0.1) is 0 Å². The molecule has 4 rings (SSSR count). The highest BCUT2D eigenvalue weighted by molar-refractivity contribution is 5.87. The second-order valence-electron chi connectivity index (χ2n) is 8.47. The third-order valence-corrected chi connectivity index (χ3v) is 5.86. The quantitative estimate of drug-likeness (QED) is 0.410. The number of carbonyl (C=O) groups is 1. The Labute approximate surface area is 196 Å². The summed E-state index contributed by atoms with van der Waals surface area (Å²) in [4.78, 5) is 18.7. The summed E-state index contributed by atoms with van der Waals surface area (Å²) in [6, 6.07) is 9.66. The van der Waals surface area contributed by atoms with Crippen LogP contribution in [-0.4, -0.2) is 65.2 Å². The number of aromatic nitrogens is 2. The van der Waals surface area contributed by atoms with E-state index in [9.17, 15) is 18.7 Å². The zero-order valence-electron chi connectivity index (χ0n) is 19.2. The van der Waals surface area contributed by atoms with Crippen LogP contribution < -0.4 is 10.1 Å². The highest BCUT2D eigenvalue weighted by Crippen LogP contribution is 2.36. The number of carbonyl (C=O) groups excluding carboxylic acids is 1. The maximum atomic E-state index is 13.3. The van der Waals surface area contributed by atoms with E-state index in [0.717, 1.165) is 0 Å². The topological polar surface area (TPSA) is 79.6 Å². The van der Waals surface area contributed by atoms with Crippen LogP contribution in [0.2, 0.25) is 0 Å². The molecule has 0 radical (unpaired) electrons. The zero-order chi connectivity index (χ0) is 24.5. The van der Waals surface area contributed by atoms with Gasteiger partial charge < -0.3 is 15.2 Å². The molecule has 0 bridgehead atoms. The van der Waals surface area contributed by atoms with E-state index in [4.69, 9.17) is 9.72 Å². The van der Waals surface area contributed by atoms with Crippen molar-refractivity contribution in [2.24, 2.45) is 0 Å². The van der Waals surface area contributed by atoms with Gasteiger partial charge in [0.05, 0.1) is 17.1 Å². The number of aldehydes is 1. The van der Waals surface area contributed by atoms with E-state index in [-0.39, 0.29) is 23.0 Å². The van der Waals surface area contributed by atoms with E-state index >= 15 is 0 Å². The van der Waals surface area contributed by atoms with Gasteiger partial charge in [0.15, 0.2) is 12.0 Å². The summed E-state index contributed by atoms with van der Waals surface area (Å²) in [6.45, 7) is -0.271. The lowest BCUT2D eigenvalue weighted by Gasteiger charge is -2.32. The minimum atomic E-state index is -3.06. The number of nitrogens with zero attached hydrogens (tertiary/aromatic N) is 3. The average Bonchev–Trinajstić information content (AvgIpc) is 3.13. The molecule has 34 heavy (non-hydrogen) atoms. The van der Waals surface area contributed by atoms with Gasteiger partial charge in [-0.1, -0.05) is 24.8 Å². The zero-order valence-corrected chi connectivity index (χ0v) is 19.2. The number of hydrogen-bond donors (Lipinski definition) is 2. The Hall–Kier alpha value is -3.32. The van der Waals surface area contributed by atoms with Crippen molar-refractivity contribution in [2.45, 2.75) is 31.6 Å². The van der Waals surface area contributed by atoms with Crippen LogP contribution in [0.15, 0.2) is 36.4 Å². The van der Waals surface area contributed by atoms with Gasteiger partial charge in [-0.25, -0.2) is 4.98 Å². The number of halogens is 2. The number of benzene rings is 2. The molecular formula is C25H26F2N4O3. The van der Waals surface area contributed by atoms with E-state index in [2.05, 4.69) is 17.2 Å². The molecule has 7 nitrogen and oxygen atoms in total. The number of nitrogens with one attached hydrogen (secondary N) is 1. The van der Waals surface area contributed by atoms with Crippen LogP contribution in [0.3, 0.4) is 0 Å². The van der Waals surface area contributed by atoms with Crippen LogP contribution in [0.1, 0.15) is 41.1 Å². The van der Waals surface area contributed by atoms with E-state index in [0.29, 0.717) is 48.2 Å². The number of imidazole rings is 1. The molecule has 2 heterocycles. The molecule has 1 aromatic heterocycles. The third kappa shape index (κ3) is 4.53. The lowest BCUT2D eigenvalue weighted by atomic mass is 9.98. The number of hydrogen-bond acceptors (Lipinski definition) is 6. The molecule has 0 spiro atoms. The summed E-state index contributed by atoms with van der Waals surface area (Å²) in [5.74, 6) is 6.34. The van der Waals surface area contributed by atoms with Crippen LogP contribution in [0, 0.1) is 11.8 Å². The van der Waals surface area contributed by atoms with Gasteiger partial charge in [0.25, 0.3) is 0 Å². The maximum absolute atomic E-state index is 13.3. The molecule has 1 aliphatic heterocycles. The fourth-order valence-electron chi connectivity index (χ4n) is 4.11. The fraction of sp³-hybridized carbons (Fsp3) is 0.360. The lowest BCUT2D eigenvalue weighted by molar-refractivity contribution is -0.0498. The number of para-hydroxylation sites is 1. The lowest BCUT2D eigenvalue weighted by Crippen LogP contribution is -2.58. The van der Waals surface area contributed by atoms with Crippen molar-refractivity contribution in [1.29, 1.82) is 0 Å². The van der Waals surface area contributed by atoms with Crippen LogP contribution in [0.25, 0.3) is 16.7 Å². The number of aliphatic hydroxyl groups is 1. The van der Waals surface area contributed by atoms with Crippen LogP contribution in [0.5, 0.6) is 5.75 Å². The van der Waals surface area contributed by atoms with Gasteiger partial charge in [-0.2, -0.15) is 8.78 Å². The first-order valence-corrected chi connectivity index (χ1v) is 10.9. The third-order valence-electron chi connectivity index (χ3n) is 5.86. The summed E-state index contributed by atoms with van der Waals surface area (Å²) < 4.78 is 33.1. The minimum Gasteiger partial charge on any atom is -0.433 e. The van der Waals surface area contributed by atoms with Crippen LogP contribution in [-0.2, 0) is 0 Å². The number of alkyl halides is 2. The van der Waals surface area contributed by atoms with Gasteiger partial charge >= 0.3 is 6.61 Å². The van der Waals surface area contributed by atoms with Crippen molar-refractivity contribution < 1.29 is 23.4 Å². The first-order chi connectivity index (χ1) is 16.3. The van der Waals surface area contributed by atoms with Crippen molar-refractivity contribution >= 4 is 17.3 Å². The Morgan fingerprint density at radius 3 is 2.68 bits per heavy atom. The number of fused-ring (bicyclic) bond motifs is 1. The molecule has 2 N–H and O–H groups in total. The standard InChI is InChI=1S/C25H26F2N4O3/c1-4-19(30(2)3)23-29-18-9-8-16(10-11-25(33)14-28-15-25)12-20(18)31(23)22-17(13-32)6-5-7-21(22)34-24(26)27/h5-9,12-13,19,24,28,33H,4,14-15H2,1-3H3. The Kier molecular flexibility index (Phi) is 6.66. The SMILES string of the molecule is CCC(c1nc2ccc(C#CC3(O)CNC3)cc2n1-c1c(C=O)cccc1OC(F)F)N(C)C. The molecule has 1 saturated heterocycles. The smallest absolute Gasteiger partial charge is 0.387 e. The largest absolute Gasteiger partial charge is 0.433 e. The second-order valence-corrected chi connectivity index (χ2v) is 8.47. The summed E-state index contributed by atoms with van der Waals surface area (Å²) in [5, 5.41) is 13.3. The molecule has 1 aliphatic rings. The first-order valence-electron chi connectivity index (χ1n) is 10.9. The Morgan fingerprint density at radius 1 is 1.32 bits per heavy atom. The van der Waals surface area contributed by atoms with Crippen LogP contribution >= 0.6 is 0 Å². The predicted molar refractivity (Wildman–Crippen MR) is 125 cm³/mol. The van der Waals surface area contributed by atoms with Crippen LogP contribution in [0.4, 0.5) is 8.78 Å². The van der Waals surface area contributed by atoms with Gasteiger partial charge in [0.1, 0.15) is 17.1 Å². The first kappa shape index (κ1) is 23.8. The second kappa shape index (κ2) is 9.50. The summed E-state index contributed by atoms with van der Waals surface area (Å²) in [5.41, 5.74) is 1.16. The highest BCUT2D eigenvalue weighted by Gasteiger charge is 2.32. The normalized spacial score (nSPS) is 15.6. The molecule has 0 aliphatic carbocycles. The Balaban J connectivity index is 2.00. The maximum Gasteiger partial charge on any atom is 0.387 e. The summed E-state index contributed by atoms with van der Waals surface area (Å²) in [7, 11) is 3.81. The Morgan fingerprint density at radius 2 is 2.09 bits per heavy atom. The summed E-state index contributed by atoms with van der Waals surface area (Å²) >= 11 is 0. The predicted octanol–water partition coefficient (Wildman–Crippen LogP) is 3.14. The molecule has 9 heteroatoms. The molecular weight excluding hydrogens is 442 g/mol. The van der Waals surface area contributed by atoms with Crippen molar-refractivity contribution in [3.05, 3.63) is 53.3 Å². The van der Waals surface area contributed by atoms with Gasteiger partial charge in [0, 0.05) is 24.2 Å². The number of ether oxygens (including phenoxy) is 1. The van der Waals surface area contributed by atoms with Gasteiger partial charge in [0.2, 0.25) is 0 Å². The van der Waals surface area contributed by atoms with Gasteiger partial charge in [-0.05, 0) is 50.8 Å². The molecule has 0 amide bonds. The highest BCUT2D eigenvalue weighted by atomic mass is 19.3. The molecule has 2 aromatic carbocycles. The molecule has 1 fully saturated rings. The molecule has 3 aromatic rings. The Bertz CT molecular complexity index is 1270. The van der Waals surface area contributed by atoms with E-state index in [1.807, 2.05) is 25.9 Å². The number of β-amino-alcohol motifs (C(OH)–C–C–N with tert-alkyl or cyclic N) is 1. The fourth-order valence-corrected chi connectivity index (χ4v) is 4.11. The van der Waals surface area contributed by atoms with E-state index < -0.39 is 12.2 Å². The van der Waals surface area contributed by atoms with Crippen molar-refractivity contribution in [3.8, 4) is 23.3 Å². The van der Waals surface area contributed by atoms with Crippen molar-refractivity contribution in [3.63, 3.8) is 0 Å². The average molecular weight is 469 g/mol. The number of rotatable bonds is 7. The minimum absolute atomic E-state index is 0.125. The molecule has 178 valence electrons. The van der Waals surface area contributed by atoms with E-state index in [1.165, 1.54) is 12.1 Å².